The molecule has 2 aliphatic rings. The van der Waals surface area contributed by atoms with E-state index >= 15 is 14.4 Å². The third-order valence-electron chi connectivity index (χ3n) is 18.2. The highest BCUT2D eigenvalue weighted by Gasteiger charge is 2.46. The number of hydrogen-bond acceptors (Lipinski definition) is 16. The summed E-state index contributed by atoms with van der Waals surface area (Å²) in [4.78, 5) is 185. The van der Waals surface area contributed by atoms with Crippen LogP contribution in [0.15, 0.2) is 12.2 Å². The van der Waals surface area contributed by atoms with E-state index in [1.807, 2.05) is 41.5 Å². The molecule has 2 heterocycles. The van der Waals surface area contributed by atoms with Crippen LogP contribution < -0.4 is 21.3 Å². The summed E-state index contributed by atoms with van der Waals surface area (Å²) < 4.78 is 17.0. The quantitative estimate of drug-likeness (QED) is 0.0864. The summed E-state index contributed by atoms with van der Waals surface area (Å²) in [5, 5.41) is 23.1. The first kappa shape index (κ1) is 86.1. The Hall–Kier alpha value is -6.94. The van der Waals surface area contributed by atoms with Gasteiger partial charge in [0.1, 0.15) is 60.4 Å². The zero-order valence-corrected chi connectivity index (χ0v) is 62.6. The number of nitrogens with one attached hydrogen (secondary N) is 4. The van der Waals surface area contributed by atoms with Crippen LogP contribution in [0.1, 0.15) is 156 Å². The second-order valence-electron chi connectivity index (χ2n) is 28.4. The normalized spacial score (nSPS) is 26.2. The summed E-state index contributed by atoms with van der Waals surface area (Å²) in [6.07, 6.45) is 1.85. The molecule has 2 fully saturated rings. The van der Waals surface area contributed by atoms with E-state index in [-0.39, 0.29) is 63.1 Å². The summed E-state index contributed by atoms with van der Waals surface area (Å²) in [7, 11) is 9.72. The molecule has 2 rings (SSSR count). The van der Waals surface area contributed by atoms with Gasteiger partial charge in [-0.05, 0) is 108 Å². The van der Waals surface area contributed by atoms with Crippen LogP contribution in [-0.4, -0.2) is 283 Å². The molecule has 0 saturated carbocycles. The Kier molecular flexibility index (Phi) is 36.3. The van der Waals surface area contributed by atoms with Crippen LogP contribution in [0, 0.1) is 35.5 Å². The van der Waals surface area contributed by atoms with Crippen LogP contribution in [0.3, 0.4) is 0 Å². The Morgan fingerprint density at radius 3 is 1.55 bits per heavy atom. The predicted molar refractivity (Wildman–Crippen MR) is 367 cm³/mol. The van der Waals surface area contributed by atoms with Gasteiger partial charge in [-0.15, -0.1) is 0 Å². The molecule has 0 aromatic heterocycles. The van der Waals surface area contributed by atoms with Gasteiger partial charge in [-0.3, -0.25) is 52.7 Å². The minimum atomic E-state index is -1.66. The van der Waals surface area contributed by atoms with Crippen molar-refractivity contribution in [2.45, 2.75) is 228 Å². The Labute approximate surface area is 577 Å². The molecule has 0 aromatic carbocycles. The lowest BCUT2D eigenvalue weighted by Crippen LogP contribution is -2.63. The Bertz CT molecular complexity index is 2670. The number of carbonyl (C=O) groups excluding carboxylic acids is 12. The fourth-order valence-electron chi connectivity index (χ4n) is 12.0. The van der Waals surface area contributed by atoms with Gasteiger partial charge >= 0.3 is 6.09 Å². The number of rotatable bonds is 20. The van der Waals surface area contributed by atoms with Crippen LogP contribution in [0.4, 0.5) is 4.79 Å². The van der Waals surface area contributed by atoms with Crippen molar-refractivity contribution in [2.24, 2.45) is 35.5 Å². The highest BCUT2D eigenvalue weighted by Crippen LogP contribution is 2.26. The van der Waals surface area contributed by atoms with E-state index in [9.17, 15) is 48.3 Å². The minimum absolute atomic E-state index is 0.0288. The largest absolute Gasteiger partial charge is 0.449 e. The Morgan fingerprint density at radius 1 is 0.546 bits per heavy atom. The SMILES string of the molecule is C/C=C/C[C@@H](C)[C@@H](O)[C@@H]1C(=O)N[C@@H](CC)C(=O)N(C)CC(=O)N(C)[C@@H]([C@@H](C)OCCCCOC(=O)N2CCOCC2)C(=O)N[C@@H](C(C)C)C(=O)N(C)[C@@H](CC(C)C)C(=O)N[C@@H](C)C(=O)N[C@H](C)C(=O)N(C)[C@@H](CC(C)C)C(=O)N(C)[C@@H](CC(C)C)C(=O)N(C)[C@@H](C(C)C)C(=O)N1C. The topological polar surface area (TPSA) is 327 Å². The number of unbranched alkanes of at least 4 members (excludes halogenated alkanes) is 1. The number of ether oxygens (including phenoxy) is 3. The van der Waals surface area contributed by atoms with Crippen molar-refractivity contribution < 1.29 is 76.9 Å². The fraction of sp³-hybridized carbons (Fsp3) is 0.797. The molecule has 28 heteroatoms. The van der Waals surface area contributed by atoms with Gasteiger partial charge in [0.05, 0.1) is 38.6 Å². The molecule has 0 aromatic rings. The molecule has 2 aliphatic heterocycles. The van der Waals surface area contributed by atoms with E-state index in [0.29, 0.717) is 39.1 Å². The van der Waals surface area contributed by atoms with Crippen molar-refractivity contribution >= 4 is 71.1 Å². The van der Waals surface area contributed by atoms with Crippen LogP contribution in [0.25, 0.3) is 0 Å². The van der Waals surface area contributed by atoms with E-state index in [2.05, 4.69) is 21.3 Å². The van der Waals surface area contributed by atoms with Crippen LogP contribution >= 0.6 is 0 Å². The maximum atomic E-state index is 15.3. The maximum absolute atomic E-state index is 15.3. The Balaban J connectivity index is 2.95. The highest BCUT2D eigenvalue weighted by atomic mass is 16.6. The maximum Gasteiger partial charge on any atom is 0.409 e. The van der Waals surface area contributed by atoms with Gasteiger partial charge < -0.3 is 79.8 Å². The second kappa shape index (κ2) is 40.8. The third-order valence-corrected chi connectivity index (χ3v) is 18.2. The number of amides is 12. The number of allylic oxidation sites excluding steroid dienone is 2. The van der Waals surface area contributed by atoms with Gasteiger partial charge in [0.2, 0.25) is 65.0 Å². The molecule has 0 unspecified atom stereocenters. The zero-order chi connectivity index (χ0) is 74.2. The van der Waals surface area contributed by atoms with E-state index in [4.69, 9.17) is 14.2 Å². The molecule has 0 spiro atoms. The molecular weight excluding hydrogens is 1250 g/mol. The highest BCUT2D eigenvalue weighted by molar-refractivity contribution is 5.99. The van der Waals surface area contributed by atoms with Gasteiger partial charge in [0, 0.05) is 69.0 Å². The molecule has 13 atom stereocenters. The number of hydrogen-bond donors (Lipinski definition) is 5. The lowest BCUT2D eigenvalue weighted by atomic mass is 9.91. The average Bonchev–Trinajstić information content (AvgIpc) is 0.816. The first-order valence-electron chi connectivity index (χ1n) is 34.7. The third kappa shape index (κ3) is 25.1. The number of aliphatic hydroxyl groups excluding tert-OH is 1. The second-order valence-corrected chi connectivity index (χ2v) is 28.4. The van der Waals surface area contributed by atoms with E-state index < -0.39 is 168 Å². The van der Waals surface area contributed by atoms with Crippen molar-refractivity contribution in [2.75, 3.05) is 95.4 Å². The average molecular weight is 1380 g/mol. The van der Waals surface area contributed by atoms with Gasteiger partial charge in [-0.2, -0.15) is 0 Å². The molecule has 0 radical (unpaired) electrons. The van der Waals surface area contributed by atoms with E-state index in [1.54, 1.807) is 72.4 Å². The molecule has 0 bridgehead atoms. The molecular formula is C69H122N12O16. The van der Waals surface area contributed by atoms with E-state index in [1.165, 1.54) is 82.8 Å². The minimum Gasteiger partial charge on any atom is -0.449 e. The summed E-state index contributed by atoms with van der Waals surface area (Å²) >= 11 is 0. The van der Waals surface area contributed by atoms with Crippen molar-refractivity contribution in [1.29, 1.82) is 0 Å². The monoisotopic (exact) mass is 1370 g/mol. The molecule has 97 heavy (non-hydrogen) atoms. The van der Waals surface area contributed by atoms with Crippen molar-refractivity contribution in [1.82, 2.24) is 60.5 Å². The van der Waals surface area contributed by atoms with Crippen molar-refractivity contribution in [3.63, 3.8) is 0 Å². The molecule has 2 saturated heterocycles. The number of likely N-dealkylation sites (N-methyl/N-ethyl adjacent to an activating group) is 7. The van der Waals surface area contributed by atoms with Crippen molar-refractivity contribution in [3.05, 3.63) is 12.2 Å². The Morgan fingerprint density at radius 2 is 1.03 bits per heavy atom. The van der Waals surface area contributed by atoms with Gasteiger partial charge in [-0.1, -0.05) is 95.2 Å². The van der Waals surface area contributed by atoms with Gasteiger partial charge in [-0.25, -0.2) is 4.79 Å². The van der Waals surface area contributed by atoms with Gasteiger partial charge in [0.15, 0.2) is 0 Å². The molecule has 12 amide bonds. The van der Waals surface area contributed by atoms with Crippen LogP contribution in [0.5, 0.6) is 0 Å². The molecule has 5 N–H and O–H groups in total. The number of morpholine rings is 1. The number of carbonyl (C=O) groups is 12. The molecule has 554 valence electrons. The lowest BCUT2D eigenvalue weighted by molar-refractivity contribution is -0.157. The lowest BCUT2D eigenvalue weighted by Gasteiger charge is -2.41. The van der Waals surface area contributed by atoms with Crippen LogP contribution in [-0.2, 0) is 67.0 Å². The van der Waals surface area contributed by atoms with Gasteiger partial charge in [0.25, 0.3) is 0 Å². The van der Waals surface area contributed by atoms with Crippen LogP contribution in [0.2, 0.25) is 0 Å². The standard InChI is InChI=1S/C69H122N12O16/c1-24-26-29-45(13)58(83)57-62(87)72-49(25-2)64(89)74(17)39-53(82)78(21)56(48(16)96-32-27-28-33-97-69(94)81-30-34-95-35-31-81)61(86)73-54(43(9)10)67(92)75(18)50(36-40(3)4)60(85)70-46(14)59(84)71-47(15)63(88)76(19)51(37-41(5)6)65(90)77(20)52(38-42(7)8)66(91)79(22)55(44(11)12)68(93)80(57)23/h24,26,40-52,54-58,83H,25,27-39H2,1-23H3,(H,70,85)(H,71,84)(H,72,87)(H,73,86)/b26-24+/t45-,46+,47-,48-,49+,50+,51+,52+,54+,55+,56+,57-,58-/m1/s1. The van der Waals surface area contributed by atoms with E-state index in [0.717, 1.165) is 14.7 Å². The number of nitrogens with zero attached hydrogens (tertiary/aromatic N) is 8. The fourth-order valence-corrected chi connectivity index (χ4v) is 12.0. The smallest absolute Gasteiger partial charge is 0.409 e. The first-order valence-corrected chi connectivity index (χ1v) is 34.7. The first-order chi connectivity index (χ1) is 45.2. The number of aliphatic hydroxyl groups is 1. The predicted octanol–water partition coefficient (Wildman–Crippen LogP) is 2.88. The van der Waals surface area contributed by atoms with Crippen molar-refractivity contribution in [3.8, 4) is 0 Å². The zero-order valence-electron chi connectivity index (χ0n) is 62.6. The summed E-state index contributed by atoms with van der Waals surface area (Å²) in [5.74, 6) is -10.4. The summed E-state index contributed by atoms with van der Waals surface area (Å²) in [6, 6.07) is -13.1. The molecule has 0 aliphatic carbocycles. The summed E-state index contributed by atoms with van der Waals surface area (Å²) in [6.45, 7) is 28.5. The molecule has 28 nitrogen and oxygen atoms in total. The summed E-state index contributed by atoms with van der Waals surface area (Å²) in [5.41, 5.74) is 0.